The summed E-state index contributed by atoms with van der Waals surface area (Å²) in [5.41, 5.74) is 6.21. The molecule has 0 bridgehead atoms. The van der Waals surface area contributed by atoms with Crippen LogP contribution in [0, 0.1) is 0 Å². The number of phosphoric ester groups is 1. The van der Waals surface area contributed by atoms with Crippen LogP contribution in [0.25, 0.3) is 0 Å². The fourth-order valence-corrected chi connectivity index (χ4v) is 2.98. The lowest BCUT2D eigenvalue weighted by Crippen LogP contribution is -2.38. The highest BCUT2D eigenvalue weighted by molar-refractivity contribution is 7.46. The number of fused-ring (bicyclic) bond motifs is 1. The summed E-state index contributed by atoms with van der Waals surface area (Å²) in [5.74, 6) is 0.211. The van der Waals surface area contributed by atoms with Gasteiger partial charge in [-0.15, -0.1) is 0 Å². The maximum atomic E-state index is 12.2. The van der Waals surface area contributed by atoms with E-state index in [0.717, 1.165) is 0 Å². The van der Waals surface area contributed by atoms with E-state index < -0.39 is 32.9 Å². The Morgan fingerprint density at radius 3 is 2.91 bits per heavy atom. The molecule has 0 aliphatic carbocycles. The lowest BCUT2D eigenvalue weighted by atomic mass is 10.2. The summed E-state index contributed by atoms with van der Waals surface area (Å²) in [6, 6.07) is 0. The van der Waals surface area contributed by atoms with E-state index in [0.29, 0.717) is 11.4 Å². The third-order valence-corrected chi connectivity index (χ3v) is 4.17. The molecule has 5 N–H and O–H groups in total. The fourth-order valence-electron chi connectivity index (χ4n) is 2.64. The third-order valence-electron chi connectivity index (χ3n) is 3.68. The minimum atomic E-state index is -4.67. The molecule has 0 radical (unpaired) electrons. The largest absolute Gasteiger partial charge is 0.469 e. The Balaban J connectivity index is 1.75. The second kappa shape index (κ2) is 5.78. The normalized spacial score (nSPS) is 27.5. The molecule has 0 spiro atoms. The Hall–Kier alpha value is -1.62. The zero-order chi connectivity index (χ0) is 16.8. The van der Waals surface area contributed by atoms with Gasteiger partial charge in [-0.05, 0) is 0 Å². The Labute approximate surface area is 130 Å². The molecule has 3 rings (SSSR count). The molecule has 23 heavy (non-hydrogen) atoms. The van der Waals surface area contributed by atoms with E-state index in [1.54, 1.807) is 0 Å². The van der Waals surface area contributed by atoms with Crippen LogP contribution in [0.15, 0.2) is 6.33 Å². The smallest absolute Gasteiger partial charge is 0.390 e. The van der Waals surface area contributed by atoms with Crippen molar-refractivity contribution < 1.29 is 33.5 Å². The van der Waals surface area contributed by atoms with Gasteiger partial charge in [0.25, 0.3) is 0 Å². The van der Waals surface area contributed by atoms with Crippen LogP contribution in [0.3, 0.4) is 0 Å². The van der Waals surface area contributed by atoms with Crippen molar-refractivity contribution in [2.75, 3.05) is 17.2 Å². The number of phosphoric acid groups is 1. The van der Waals surface area contributed by atoms with Crippen molar-refractivity contribution in [1.82, 2.24) is 9.97 Å². The predicted molar refractivity (Wildman–Crippen MR) is 74.9 cm³/mol. The molecule has 0 aromatic carbocycles. The van der Waals surface area contributed by atoms with Crippen molar-refractivity contribution in [3.05, 3.63) is 11.9 Å². The summed E-state index contributed by atoms with van der Waals surface area (Å²) < 4.78 is 20.6. The molecule has 0 unspecified atom stereocenters. The molecule has 3 heterocycles. The first-order valence-corrected chi connectivity index (χ1v) is 8.24. The second-order valence-electron chi connectivity index (χ2n) is 5.22. The van der Waals surface area contributed by atoms with Gasteiger partial charge in [-0.1, -0.05) is 0 Å². The van der Waals surface area contributed by atoms with Gasteiger partial charge in [0.15, 0.2) is 0 Å². The third kappa shape index (κ3) is 3.20. The molecule has 1 saturated heterocycles. The van der Waals surface area contributed by atoms with Crippen LogP contribution in [0.2, 0.25) is 0 Å². The van der Waals surface area contributed by atoms with Crippen LogP contribution in [0.4, 0.5) is 11.6 Å². The number of rotatable bonds is 4. The first-order chi connectivity index (χ1) is 10.8. The average molecular weight is 346 g/mol. The van der Waals surface area contributed by atoms with Gasteiger partial charge >= 0.3 is 7.82 Å². The van der Waals surface area contributed by atoms with Crippen molar-refractivity contribution >= 4 is 25.4 Å². The van der Waals surface area contributed by atoms with Gasteiger partial charge in [-0.3, -0.25) is 14.2 Å². The second-order valence-corrected chi connectivity index (χ2v) is 6.46. The van der Waals surface area contributed by atoms with Crippen molar-refractivity contribution in [3.8, 4) is 0 Å². The highest BCUT2D eigenvalue weighted by Crippen LogP contribution is 2.39. The molecule has 11 nitrogen and oxygen atoms in total. The first kappa shape index (κ1) is 16.2. The highest BCUT2D eigenvalue weighted by atomic mass is 31.2. The van der Waals surface area contributed by atoms with Crippen LogP contribution < -0.4 is 10.6 Å². The molecular weight excluding hydrogens is 331 g/mol. The summed E-state index contributed by atoms with van der Waals surface area (Å²) in [6.07, 6.45) is -1.52. The minimum Gasteiger partial charge on any atom is -0.390 e. The lowest BCUT2D eigenvalue weighted by molar-refractivity contribution is -0.120. The quantitative estimate of drug-likeness (QED) is 0.472. The summed E-state index contributed by atoms with van der Waals surface area (Å²) >= 11 is 0. The van der Waals surface area contributed by atoms with Crippen LogP contribution >= 0.6 is 7.82 Å². The fraction of sp³-hybridized carbons (Fsp3) is 0.545. The Morgan fingerprint density at radius 1 is 1.48 bits per heavy atom. The maximum absolute atomic E-state index is 12.2. The summed E-state index contributed by atoms with van der Waals surface area (Å²) in [7, 11) is -4.67. The van der Waals surface area contributed by atoms with Crippen LogP contribution in [0.1, 0.15) is 12.0 Å². The minimum absolute atomic E-state index is 0.0294. The molecule has 2 aliphatic rings. The number of carbonyl (C=O) groups is 1. The number of anilines is 2. The molecule has 126 valence electrons. The van der Waals surface area contributed by atoms with E-state index >= 15 is 0 Å². The van der Waals surface area contributed by atoms with Gasteiger partial charge in [0.05, 0.1) is 19.1 Å². The number of aliphatic hydroxyl groups is 1. The number of carbonyl (C=O) groups excluding carboxylic acids is 1. The monoisotopic (exact) mass is 346 g/mol. The molecule has 1 fully saturated rings. The Bertz CT molecular complexity index is 680. The predicted octanol–water partition coefficient (Wildman–Crippen LogP) is -1.47. The standard InChI is InChI=1S/C11H15N4O7P/c12-10-5-1-8(17)15(11(5)14-4-13-10)9-2-6(16)7(22-9)3-21-23(18,19)20/h4,6-7,9,16H,1-3H2,(H2,12,13,14)(H2,18,19,20)/t6-,7+,9+/m0/s1. The van der Waals surface area contributed by atoms with E-state index in [2.05, 4.69) is 14.5 Å². The number of nitrogen functional groups attached to an aromatic ring is 1. The van der Waals surface area contributed by atoms with Crippen LogP contribution in [-0.2, 0) is 25.0 Å². The molecule has 1 aromatic rings. The van der Waals surface area contributed by atoms with E-state index in [1.165, 1.54) is 11.2 Å². The average Bonchev–Trinajstić information content (AvgIpc) is 2.96. The van der Waals surface area contributed by atoms with Gasteiger partial charge in [0.2, 0.25) is 5.91 Å². The van der Waals surface area contributed by atoms with Crippen molar-refractivity contribution in [2.24, 2.45) is 0 Å². The molecule has 1 aromatic heterocycles. The Morgan fingerprint density at radius 2 is 2.22 bits per heavy atom. The summed E-state index contributed by atoms with van der Waals surface area (Å²) in [6.45, 7) is -0.497. The number of aliphatic hydroxyl groups excluding tert-OH is 1. The Kier molecular flexibility index (Phi) is 4.08. The molecule has 12 heteroatoms. The first-order valence-electron chi connectivity index (χ1n) is 6.71. The van der Waals surface area contributed by atoms with Gasteiger partial charge < -0.3 is 25.4 Å². The van der Waals surface area contributed by atoms with E-state index in [1.807, 2.05) is 0 Å². The van der Waals surface area contributed by atoms with Gasteiger partial charge in [-0.25, -0.2) is 14.5 Å². The van der Waals surface area contributed by atoms with E-state index in [9.17, 15) is 14.5 Å². The SMILES string of the molecule is Nc1ncnc2c1CC(=O)N2[C@H]1C[C@H](O)[C@@H](COP(=O)(O)O)O1. The number of aromatic nitrogens is 2. The zero-order valence-electron chi connectivity index (χ0n) is 11.8. The van der Waals surface area contributed by atoms with Crippen molar-refractivity contribution in [3.63, 3.8) is 0 Å². The number of amides is 1. The molecular formula is C11H15N4O7P. The maximum Gasteiger partial charge on any atom is 0.469 e. The highest BCUT2D eigenvalue weighted by Gasteiger charge is 2.44. The van der Waals surface area contributed by atoms with Gasteiger partial charge in [0, 0.05) is 12.0 Å². The topological polar surface area (TPSA) is 168 Å². The zero-order valence-corrected chi connectivity index (χ0v) is 12.7. The molecule has 2 aliphatic heterocycles. The number of hydrogen-bond acceptors (Lipinski definition) is 8. The molecule has 3 atom stereocenters. The van der Waals surface area contributed by atoms with E-state index in [4.69, 9.17) is 20.3 Å². The van der Waals surface area contributed by atoms with Crippen LogP contribution in [0.5, 0.6) is 0 Å². The molecule has 0 saturated carbocycles. The van der Waals surface area contributed by atoms with Crippen LogP contribution in [-0.4, -0.2) is 55.8 Å². The number of hydrogen-bond donors (Lipinski definition) is 4. The summed E-state index contributed by atoms with van der Waals surface area (Å²) in [5, 5.41) is 9.95. The lowest BCUT2D eigenvalue weighted by Gasteiger charge is -2.23. The van der Waals surface area contributed by atoms with Gasteiger partial charge in [0.1, 0.15) is 30.3 Å². The van der Waals surface area contributed by atoms with Gasteiger partial charge in [-0.2, -0.15) is 0 Å². The van der Waals surface area contributed by atoms with Crippen molar-refractivity contribution in [2.45, 2.75) is 31.3 Å². The number of nitrogens with zero attached hydrogens (tertiary/aromatic N) is 3. The number of ether oxygens (including phenoxy) is 1. The number of nitrogens with two attached hydrogens (primary N) is 1. The van der Waals surface area contributed by atoms with E-state index in [-0.39, 0.29) is 24.6 Å². The summed E-state index contributed by atoms with van der Waals surface area (Å²) in [4.78, 5) is 38.7. The van der Waals surface area contributed by atoms with Crippen molar-refractivity contribution in [1.29, 1.82) is 0 Å². The molecule has 1 amide bonds.